The lowest BCUT2D eigenvalue weighted by Crippen LogP contribution is -2.36. The quantitative estimate of drug-likeness (QED) is 0.886. The van der Waals surface area contributed by atoms with Crippen LogP contribution in [0.1, 0.15) is 23.1 Å². The highest BCUT2D eigenvalue weighted by Gasteiger charge is 2.45. The molecule has 0 aromatic heterocycles. The Hall–Kier alpha value is -2.33. The number of benzene rings is 2. The van der Waals surface area contributed by atoms with Crippen molar-refractivity contribution in [2.45, 2.75) is 26.2 Å². The first kappa shape index (κ1) is 16.5. The van der Waals surface area contributed by atoms with Crippen molar-refractivity contribution in [3.8, 4) is 0 Å². The fraction of sp³-hybridized carbons (Fsp3) is 0.263. The predicted octanol–water partition coefficient (Wildman–Crippen LogP) is 3.85. The number of hydrogen-bond donors (Lipinski definition) is 2. The zero-order chi connectivity index (χ0) is 17.3. The van der Waals surface area contributed by atoms with Crippen molar-refractivity contribution in [2.75, 3.05) is 5.32 Å². The number of carboxylic acids is 1. The number of carbonyl (C=O) groups excluding carboxylic acids is 1. The maximum atomic E-state index is 12.5. The Morgan fingerprint density at radius 2 is 1.79 bits per heavy atom. The molecule has 1 aliphatic rings. The summed E-state index contributed by atoms with van der Waals surface area (Å²) >= 11 is 5.96. The monoisotopic (exact) mass is 343 g/mol. The number of carboxylic acid groups (broad SMARTS) is 1. The number of aryl methyl sites for hydroxylation is 1. The number of halogens is 1. The van der Waals surface area contributed by atoms with Crippen molar-refractivity contribution in [3.05, 3.63) is 64.2 Å². The zero-order valence-corrected chi connectivity index (χ0v) is 14.1. The van der Waals surface area contributed by atoms with E-state index in [9.17, 15) is 14.7 Å². The summed E-state index contributed by atoms with van der Waals surface area (Å²) in [6, 6.07) is 12.9. The molecule has 0 radical (unpaired) electrons. The van der Waals surface area contributed by atoms with Crippen LogP contribution in [-0.4, -0.2) is 17.0 Å². The molecule has 0 atom stereocenters. The molecular formula is C19H18ClNO3. The van der Waals surface area contributed by atoms with Crippen LogP contribution in [0.2, 0.25) is 5.02 Å². The van der Waals surface area contributed by atoms with E-state index in [0.29, 0.717) is 23.6 Å². The van der Waals surface area contributed by atoms with Crippen molar-refractivity contribution < 1.29 is 14.7 Å². The van der Waals surface area contributed by atoms with E-state index >= 15 is 0 Å². The molecule has 124 valence electrons. The fourth-order valence-electron chi connectivity index (χ4n) is 3.28. The van der Waals surface area contributed by atoms with E-state index in [1.807, 2.05) is 37.3 Å². The van der Waals surface area contributed by atoms with Gasteiger partial charge in [0, 0.05) is 17.1 Å². The molecule has 24 heavy (non-hydrogen) atoms. The van der Waals surface area contributed by atoms with E-state index in [1.54, 1.807) is 12.1 Å². The number of amides is 1. The Morgan fingerprint density at radius 1 is 1.17 bits per heavy atom. The topological polar surface area (TPSA) is 66.4 Å². The van der Waals surface area contributed by atoms with E-state index < -0.39 is 11.4 Å². The van der Waals surface area contributed by atoms with Gasteiger partial charge < -0.3 is 10.4 Å². The second-order valence-electron chi connectivity index (χ2n) is 6.39. The van der Waals surface area contributed by atoms with Gasteiger partial charge in [-0.25, -0.2) is 0 Å². The number of carbonyl (C=O) groups is 2. The molecule has 0 aliphatic heterocycles. The first-order valence-corrected chi connectivity index (χ1v) is 8.14. The Bertz CT molecular complexity index is 791. The molecular weight excluding hydrogens is 326 g/mol. The number of nitrogens with one attached hydrogen (secondary N) is 1. The average Bonchev–Trinajstić information content (AvgIpc) is 2.90. The normalized spacial score (nSPS) is 14.9. The first-order chi connectivity index (χ1) is 11.4. The highest BCUT2D eigenvalue weighted by atomic mass is 35.5. The third-order valence-electron chi connectivity index (χ3n) is 4.60. The van der Waals surface area contributed by atoms with Crippen LogP contribution in [0.25, 0.3) is 0 Å². The van der Waals surface area contributed by atoms with Crippen LogP contribution >= 0.6 is 11.6 Å². The third kappa shape index (κ3) is 3.15. The molecule has 0 fully saturated rings. The van der Waals surface area contributed by atoms with E-state index in [1.165, 1.54) is 0 Å². The molecule has 0 bridgehead atoms. The summed E-state index contributed by atoms with van der Waals surface area (Å²) in [5.74, 6) is -1.24. The van der Waals surface area contributed by atoms with Crippen LogP contribution in [0.15, 0.2) is 42.5 Å². The number of aliphatic carboxylic acids is 1. The summed E-state index contributed by atoms with van der Waals surface area (Å²) < 4.78 is 0. The summed E-state index contributed by atoms with van der Waals surface area (Å²) in [4.78, 5) is 24.4. The van der Waals surface area contributed by atoms with Gasteiger partial charge in [0.05, 0.1) is 5.41 Å². The average molecular weight is 344 g/mol. The Kier molecular flexibility index (Phi) is 4.33. The second-order valence-corrected chi connectivity index (χ2v) is 6.83. The summed E-state index contributed by atoms with van der Waals surface area (Å²) in [6.07, 6.45) is 0.684. The minimum absolute atomic E-state index is 0.0665. The van der Waals surface area contributed by atoms with Crippen LogP contribution in [0, 0.1) is 12.3 Å². The molecule has 1 aliphatic carbocycles. The predicted molar refractivity (Wildman–Crippen MR) is 93.4 cm³/mol. The Labute approximate surface area is 145 Å². The Balaban J connectivity index is 1.79. The maximum Gasteiger partial charge on any atom is 0.310 e. The minimum atomic E-state index is -1.08. The van der Waals surface area contributed by atoms with Gasteiger partial charge >= 0.3 is 5.97 Å². The summed E-state index contributed by atoms with van der Waals surface area (Å²) in [5, 5.41) is 13.1. The third-order valence-corrected chi connectivity index (χ3v) is 4.84. The summed E-state index contributed by atoms with van der Waals surface area (Å²) in [6.45, 7) is 1.87. The van der Waals surface area contributed by atoms with Crippen LogP contribution in [0.3, 0.4) is 0 Å². The van der Waals surface area contributed by atoms with E-state index in [4.69, 9.17) is 11.6 Å². The SMILES string of the molecule is Cc1ccc(Cl)cc1NC(=O)CC1(C(=O)O)Cc2ccccc2C1. The van der Waals surface area contributed by atoms with Gasteiger partial charge in [-0.3, -0.25) is 9.59 Å². The molecule has 2 aromatic rings. The molecule has 0 unspecified atom stereocenters. The van der Waals surface area contributed by atoms with Gasteiger partial charge in [0.1, 0.15) is 0 Å². The van der Waals surface area contributed by atoms with Crippen molar-refractivity contribution in [1.82, 2.24) is 0 Å². The molecule has 1 amide bonds. The summed E-state index contributed by atoms with van der Waals surface area (Å²) in [7, 11) is 0. The van der Waals surface area contributed by atoms with Gasteiger partial charge in [0.2, 0.25) is 5.91 Å². The van der Waals surface area contributed by atoms with Gasteiger partial charge in [-0.05, 0) is 48.6 Å². The lowest BCUT2D eigenvalue weighted by atomic mass is 9.81. The lowest BCUT2D eigenvalue weighted by molar-refractivity contribution is -0.150. The molecule has 0 heterocycles. The number of rotatable bonds is 4. The van der Waals surface area contributed by atoms with Crippen molar-refractivity contribution in [1.29, 1.82) is 0 Å². The molecule has 0 saturated heterocycles. The highest BCUT2D eigenvalue weighted by Crippen LogP contribution is 2.40. The molecule has 2 N–H and O–H groups in total. The molecule has 0 spiro atoms. The molecule has 5 heteroatoms. The largest absolute Gasteiger partial charge is 0.481 e. The van der Waals surface area contributed by atoms with Gasteiger partial charge in [-0.1, -0.05) is 41.9 Å². The van der Waals surface area contributed by atoms with Gasteiger partial charge in [0.25, 0.3) is 0 Å². The minimum Gasteiger partial charge on any atom is -0.481 e. The summed E-state index contributed by atoms with van der Waals surface area (Å²) in [5.41, 5.74) is 2.42. The van der Waals surface area contributed by atoms with Crippen molar-refractivity contribution in [2.24, 2.45) is 5.41 Å². The zero-order valence-electron chi connectivity index (χ0n) is 13.3. The molecule has 4 nitrogen and oxygen atoms in total. The second kappa shape index (κ2) is 6.29. The van der Waals surface area contributed by atoms with Crippen molar-refractivity contribution in [3.63, 3.8) is 0 Å². The standard InChI is InChI=1S/C19H18ClNO3/c1-12-6-7-15(20)8-16(12)21-17(22)11-19(18(23)24)9-13-4-2-3-5-14(13)10-19/h2-8H,9-11H2,1H3,(H,21,22)(H,23,24). The van der Waals surface area contributed by atoms with Gasteiger partial charge in [-0.15, -0.1) is 0 Å². The smallest absolute Gasteiger partial charge is 0.310 e. The number of fused-ring (bicyclic) bond motifs is 1. The first-order valence-electron chi connectivity index (χ1n) is 7.76. The van der Waals surface area contributed by atoms with Gasteiger partial charge in [-0.2, -0.15) is 0 Å². The van der Waals surface area contributed by atoms with Crippen molar-refractivity contribution >= 4 is 29.2 Å². The van der Waals surface area contributed by atoms with E-state index in [0.717, 1.165) is 16.7 Å². The van der Waals surface area contributed by atoms with Crippen LogP contribution in [0.4, 0.5) is 5.69 Å². The van der Waals surface area contributed by atoms with Gasteiger partial charge in [0.15, 0.2) is 0 Å². The Morgan fingerprint density at radius 3 is 2.38 bits per heavy atom. The molecule has 0 saturated carbocycles. The lowest BCUT2D eigenvalue weighted by Gasteiger charge is -2.23. The number of hydrogen-bond acceptors (Lipinski definition) is 2. The maximum absolute atomic E-state index is 12.5. The van der Waals surface area contributed by atoms with Crippen LogP contribution < -0.4 is 5.32 Å². The fourth-order valence-corrected chi connectivity index (χ4v) is 3.45. The van der Waals surface area contributed by atoms with E-state index in [-0.39, 0.29) is 12.3 Å². The molecule has 2 aromatic carbocycles. The number of anilines is 1. The van der Waals surface area contributed by atoms with E-state index in [2.05, 4.69) is 5.32 Å². The van der Waals surface area contributed by atoms with Crippen LogP contribution in [-0.2, 0) is 22.4 Å². The highest BCUT2D eigenvalue weighted by molar-refractivity contribution is 6.31. The van der Waals surface area contributed by atoms with Crippen LogP contribution in [0.5, 0.6) is 0 Å². The molecule has 3 rings (SSSR count).